The summed E-state index contributed by atoms with van der Waals surface area (Å²) in [5.74, 6) is 1.66. The van der Waals surface area contributed by atoms with E-state index in [0.29, 0.717) is 19.7 Å². The van der Waals surface area contributed by atoms with Gasteiger partial charge in [-0.3, -0.25) is 0 Å². The molecule has 26 heavy (non-hydrogen) atoms. The van der Waals surface area contributed by atoms with Crippen molar-refractivity contribution in [2.45, 2.75) is 26.6 Å². The SMILES string of the molecule is CCNC(=NCc1ccc(COC)cc1)NCc1ccccc1OC.I. The van der Waals surface area contributed by atoms with Gasteiger partial charge in [-0.1, -0.05) is 42.5 Å². The number of nitrogens with zero attached hydrogens (tertiary/aromatic N) is 1. The van der Waals surface area contributed by atoms with Crippen LogP contribution in [0.2, 0.25) is 0 Å². The Morgan fingerprint density at radius 1 is 0.962 bits per heavy atom. The van der Waals surface area contributed by atoms with Crippen molar-refractivity contribution in [2.75, 3.05) is 20.8 Å². The molecule has 0 unspecified atom stereocenters. The number of methoxy groups -OCH3 is 2. The van der Waals surface area contributed by atoms with Crippen LogP contribution >= 0.6 is 24.0 Å². The third-order valence-corrected chi connectivity index (χ3v) is 3.74. The summed E-state index contributed by atoms with van der Waals surface area (Å²) < 4.78 is 10.5. The second kappa shape index (κ2) is 12.5. The summed E-state index contributed by atoms with van der Waals surface area (Å²) in [6.45, 7) is 4.77. The van der Waals surface area contributed by atoms with Gasteiger partial charge in [0, 0.05) is 25.8 Å². The van der Waals surface area contributed by atoms with Crippen molar-refractivity contribution in [3.63, 3.8) is 0 Å². The van der Waals surface area contributed by atoms with E-state index < -0.39 is 0 Å². The third-order valence-electron chi connectivity index (χ3n) is 3.74. The second-order valence-corrected chi connectivity index (χ2v) is 5.61. The number of hydrogen-bond donors (Lipinski definition) is 2. The molecule has 0 saturated heterocycles. The van der Waals surface area contributed by atoms with Gasteiger partial charge in [0.25, 0.3) is 0 Å². The lowest BCUT2D eigenvalue weighted by atomic mass is 10.1. The molecule has 0 spiro atoms. The number of hydrogen-bond acceptors (Lipinski definition) is 3. The molecule has 2 N–H and O–H groups in total. The monoisotopic (exact) mass is 469 g/mol. The zero-order chi connectivity index (χ0) is 17.9. The zero-order valence-electron chi connectivity index (χ0n) is 15.6. The zero-order valence-corrected chi connectivity index (χ0v) is 17.9. The molecule has 0 aliphatic heterocycles. The minimum Gasteiger partial charge on any atom is -0.496 e. The Hall–Kier alpha value is -1.80. The van der Waals surface area contributed by atoms with Gasteiger partial charge in [-0.05, 0) is 24.1 Å². The van der Waals surface area contributed by atoms with Crippen molar-refractivity contribution >= 4 is 29.9 Å². The first-order chi connectivity index (χ1) is 12.3. The van der Waals surface area contributed by atoms with Crippen LogP contribution in [0.25, 0.3) is 0 Å². The van der Waals surface area contributed by atoms with E-state index in [1.807, 2.05) is 24.3 Å². The van der Waals surface area contributed by atoms with Crippen LogP contribution in [-0.4, -0.2) is 26.7 Å². The summed E-state index contributed by atoms with van der Waals surface area (Å²) in [6.07, 6.45) is 0. The fraction of sp³-hybridized carbons (Fsp3) is 0.350. The minimum atomic E-state index is 0. The maximum absolute atomic E-state index is 5.39. The fourth-order valence-electron chi connectivity index (χ4n) is 2.45. The number of rotatable bonds is 8. The Labute approximate surface area is 173 Å². The molecule has 0 radical (unpaired) electrons. The first-order valence-corrected chi connectivity index (χ1v) is 8.47. The molecule has 0 atom stereocenters. The first kappa shape index (κ1) is 22.2. The van der Waals surface area contributed by atoms with Crippen LogP contribution in [-0.2, 0) is 24.4 Å². The molecule has 5 nitrogen and oxygen atoms in total. The molecular weight excluding hydrogens is 441 g/mol. The van der Waals surface area contributed by atoms with Gasteiger partial charge in [-0.25, -0.2) is 4.99 Å². The van der Waals surface area contributed by atoms with Crippen molar-refractivity contribution in [1.29, 1.82) is 0 Å². The molecular formula is C20H28IN3O2. The molecule has 0 aliphatic rings. The van der Waals surface area contributed by atoms with Crippen LogP contribution in [0.4, 0.5) is 0 Å². The molecule has 0 fully saturated rings. The summed E-state index contributed by atoms with van der Waals surface area (Å²) in [5, 5.41) is 6.62. The number of aliphatic imine (C=N–C) groups is 1. The number of ether oxygens (including phenoxy) is 2. The predicted molar refractivity (Wildman–Crippen MR) is 117 cm³/mol. The van der Waals surface area contributed by atoms with Crippen LogP contribution in [0.5, 0.6) is 5.75 Å². The Morgan fingerprint density at radius 3 is 2.31 bits per heavy atom. The third kappa shape index (κ3) is 7.21. The maximum Gasteiger partial charge on any atom is 0.191 e. The molecule has 0 saturated carbocycles. The van der Waals surface area contributed by atoms with Gasteiger partial charge in [-0.15, -0.1) is 24.0 Å². The topological polar surface area (TPSA) is 54.9 Å². The van der Waals surface area contributed by atoms with Crippen LogP contribution < -0.4 is 15.4 Å². The van der Waals surface area contributed by atoms with Gasteiger partial charge in [0.1, 0.15) is 5.75 Å². The first-order valence-electron chi connectivity index (χ1n) is 8.47. The molecule has 0 heterocycles. The number of benzene rings is 2. The number of guanidine groups is 1. The number of para-hydroxylation sites is 1. The van der Waals surface area contributed by atoms with E-state index >= 15 is 0 Å². The lowest BCUT2D eigenvalue weighted by molar-refractivity contribution is 0.185. The van der Waals surface area contributed by atoms with Crippen molar-refractivity contribution in [1.82, 2.24) is 10.6 Å². The largest absolute Gasteiger partial charge is 0.496 e. The molecule has 142 valence electrons. The smallest absolute Gasteiger partial charge is 0.191 e. The van der Waals surface area contributed by atoms with Crippen LogP contribution in [0.1, 0.15) is 23.6 Å². The molecule has 0 amide bonds. The quantitative estimate of drug-likeness (QED) is 0.352. The lowest BCUT2D eigenvalue weighted by Crippen LogP contribution is -2.36. The average molecular weight is 469 g/mol. The summed E-state index contributed by atoms with van der Waals surface area (Å²) in [6, 6.07) is 16.3. The van der Waals surface area contributed by atoms with E-state index in [0.717, 1.165) is 34.9 Å². The summed E-state index contributed by atoms with van der Waals surface area (Å²) in [7, 11) is 3.39. The number of nitrogens with one attached hydrogen (secondary N) is 2. The molecule has 0 aromatic heterocycles. The fourth-order valence-corrected chi connectivity index (χ4v) is 2.45. The normalized spacial score (nSPS) is 10.8. The van der Waals surface area contributed by atoms with Crippen LogP contribution in [0.3, 0.4) is 0 Å². The molecule has 2 rings (SSSR count). The molecule has 2 aromatic rings. The van der Waals surface area contributed by atoms with E-state index in [4.69, 9.17) is 9.47 Å². The van der Waals surface area contributed by atoms with Crippen molar-refractivity contribution in [2.24, 2.45) is 4.99 Å². The lowest BCUT2D eigenvalue weighted by Gasteiger charge is -2.13. The van der Waals surface area contributed by atoms with E-state index in [9.17, 15) is 0 Å². The van der Waals surface area contributed by atoms with Gasteiger partial charge in [0.15, 0.2) is 5.96 Å². The molecule has 0 bridgehead atoms. The van der Waals surface area contributed by atoms with Crippen LogP contribution in [0.15, 0.2) is 53.5 Å². The summed E-state index contributed by atoms with van der Waals surface area (Å²) >= 11 is 0. The van der Waals surface area contributed by atoms with E-state index in [2.05, 4.69) is 46.8 Å². The summed E-state index contributed by atoms with van der Waals surface area (Å²) in [4.78, 5) is 4.65. The maximum atomic E-state index is 5.39. The molecule has 6 heteroatoms. The highest BCUT2D eigenvalue weighted by atomic mass is 127. The average Bonchev–Trinajstić information content (AvgIpc) is 2.65. The second-order valence-electron chi connectivity index (χ2n) is 5.61. The molecule has 2 aromatic carbocycles. The van der Waals surface area contributed by atoms with Crippen molar-refractivity contribution in [3.8, 4) is 5.75 Å². The number of halogens is 1. The van der Waals surface area contributed by atoms with Gasteiger partial charge < -0.3 is 20.1 Å². The van der Waals surface area contributed by atoms with Crippen molar-refractivity contribution in [3.05, 3.63) is 65.2 Å². The Kier molecular flexibility index (Phi) is 10.7. The molecule has 0 aliphatic carbocycles. The van der Waals surface area contributed by atoms with Crippen molar-refractivity contribution < 1.29 is 9.47 Å². The van der Waals surface area contributed by atoms with E-state index in [-0.39, 0.29) is 24.0 Å². The minimum absolute atomic E-state index is 0. The van der Waals surface area contributed by atoms with Gasteiger partial charge in [0.05, 0.1) is 20.3 Å². The Morgan fingerprint density at radius 2 is 1.65 bits per heavy atom. The van der Waals surface area contributed by atoms with E-state index in [1.54, 1.807) is 14.2 Å². The highest BCUT2D eigenvalue weighted by Gasteiger charge is 2.03. The Bertz CT molecular complexity index is 675. The predicted octanol–water partition coefficient (Wildman–Crippen LogP) is 3.71. The van der Waals surface area contributed by atoms with E-state index in [1.165, 1.54) is 0 Å². The van der Waals surface area contributed by atoms with Crippen LogP contribution in [0, 0.1) is 0 Å². The van der Waals surface area contributed by atoms with Gasteiger partial charge >= 0.3 is 0 Å². The highest BCUT2D eigenvalue weighted by molar-refractivity contribution is 14.0. The standard InChI is InChI=1S/C20H27N3O2.HI/c1-4-21-20(23-14-18-7-5-6-8-19(18)25-3)22-13-16-9-11-17(12-10-16)15-24-2;/h5-12H,4,13-15H2,1-3H3,(H2,21,22,23);1H. The van der Waals surface area contributed by atoms with Gasteiger partial charge in [-0.2, -0.15) is 0 Å². The summed E-state index contributed by atoms with van der Waals surface area (Å²) in [5.41, 5.74) is 3.42. The van der Waals surface area contributed by atoms with Gasteiger partial charge in [0.2, 0.25) is 0 Å². The Balaban J connectivity index is 0.00000338. The highest BCUT2D eigenvalue weighted by Crippen LogP contribution is 2.16.